The highest BCUT2D eigenvalue weighted by atomic mass is 16.1. The number of hydrogen-bond acceptors (Lipinski definition) is 1. The van der Waals surface area contributed by atoms with Gasteiger partial charge in [0.15, 0.2) is 0 Å². The molecule has 0 saturated heterocycles. The van der Waals surface area contributed by atoms with Crippen molar-refractivity contribution < 1.29 is 4.79 Å². The van der Waals surface area contributed by atoms with E-state index < -0.39 is 0 Å². The average molecular weight is 188 g/mol. The lowest BCUT2D eigenvalue weighted by atomic mass is 9.99. The highest BCUT2D eigenvalue weighted by Crippen LogP contribution is 2.19. The summed E-state index contributed by atoms with van der Waals surface area (Å²) in [6.07, 6.45) is 0.910. The molecule has 0 radical (unpaired) electrons. The maximum Gasteiger partial charge on any atom is 0.146 e. The first-order valence-corrected chi connectivity index (χ1v) is 4.76. The lowest BCUT2D eigenvalue weighted by Crippen LogP contribution is -1.89. The van der Waals surface area contributed by atoms with E-state index in [1.807, 2.05) is 13.8 Å². The van der Waals surface area contributed by atoms with Crippen molar-refractivity contribution in [1.29, 1.82) is 0 Å². The largest absolute Gasteiger partial charge is 0.298 e. The standard InChI is InChI=1S/C13H16O/c1-9-5-10(2)7-13(6-9)12(4)11(3)8-14/h5-8H,1-4H3/b12-11-. The van der Waals surface area contributed by atoms with Gasteiger partial charge in [-0.1, -0.05) is 29.3 Å². The second-order valence-electron chi connectivity index (χ2n) is 3.80. The molecule has 0 aromatic heterocycles. The van der Waals surface area contributed by atoms with Crippen LogP contribution in [0.3, 0.4) is 0 Å². The Bertz CT molecular complexity index is 366. The van der Waals surface area contributed by atoms with Crippen LogP contribution in [0.1, 0.15) is 30.5 Å². The van der Waals surface area contributed by atoms with Gasteiger partial charge in [0, 0.05) is 0 Å². The van der Waals surface area contributed by atoms with Crippen molar-refractivity contribution >= 4 is 11.9 Å². The van der Waals surface area contributed by atoms with E-state index in [0.717, 1.165) is 23.0 Å². The molecular formula is C13H16O. The molecule has 0 bridgehead atoms. The quantitative estimate of drug-likeness (QED) is 0.514. The number of hydrogen-bond donors (Lipinski definition) is 0. The van der Waals surface area contributed by atoms with Crippen LogP contribution in [0.5, 0.6) is 0 Å². The maximum absolute atomic E-state index is 10.6. The molecule has 14 heavy (non-hydrogen) atoms. The molecule has 0 aliphatic heterocycles. The van der Waals surface area contributed by atoms with E-state index in [0.29, 0.717) is 0 Å². The Kier molecular flexibility index (Phi) is 3.23. The van der Waals surface area contributed by atoms with Crippen LogP contribution in [-0.4, -0.2) is 6.29 Å². The number of allylic oxidation sites excluding steroid dienone is 2. The predicted octanol–water partition coefficient (Wildman–Crippen LogP) is 3.30. The molecule has 1 rings (SSSR count). The zero-order chi connectivity index (χ0) is 10.7. The first kappa shape index (κ1) is 10.7. The van der Waals surface area contributed by atoms with Gasteiger partial charge in [0.2, 0.25) is 0 Å². The van der Waals surface area contributed by atoms with Crippen molar-refractivity contribution in [1.82, 2.24) is 0 Å². The molecule has 0 fully saturated rings. The Labute approximate surface area is 85.5 Å². The fraction of sp³-hybridized carbons (Fsp3) is 0.308. The van der Waals surface area contributed by atoms with Gasteiger partial charge in [-0.3, -0.25) is 4.79 Å². The third kappa shape index (κ3) is 2.32. The summed E-state index contributed by atoms with van der Waals surface area (Å²) in [7, 11) is 0. The van der Waals surface area contributed by atoms with Gasteiger partial charge in [0.25, 0.3) is 0 Å². The molecule has 1 nitrogen and oxygen atoms in total. The van der Waals surface area contributed by atoms with E-state index in [1.165, 1.54) is 11.1 Å². The summed E-state index contributed by atoms with van der Waals surface area (Å²) in [5.41, 5.74) is 5.48. The van der Waals surface area contributed by atoms with Crippen molar-refractivity contribution in [2.24, 2.45) is 0 Å². The first-order chi connectivity index (χ1) is 6.54. The van der Waals surface area contributed by atoms with Crippen molar-refractivity contribution in [3.63, 3.8) is 0 Å². The molecule has 0 aliphatic carbocycles. The van der Waals surface area contributed by atoms with E-state index in [1.54, 1.807) is 0 Å². The van der Waals surface area contributed by atoms with Crippen molar-refractivity contribution in [3.05, 3.63) is 40.5 Å². The highest BCUT2D eigenvalue weighted by molar-refractivity contribution is 5.86. The number of aryl methyl sites for hydroxylation is 2. The second-order valence-corrected chi connectivity index (χ2v) is 3.80. The zero-order valence-corrected chi connectivity index (χ0v) is 9.22. The molecule has 0 unspecified atom stereocenters. The molecule has 1 heteroatoms. The first-order valence-electron chi connectivity index (χ1n) is 4.76. The summed E-state index contributed by atoms with van der Waals surface area (Å²) in [4.78, 5) is 10.6. The Morgan fingerprint density at radius 1 is 1.07 bits per heavy atom. The average Bonchev–Trinajstić information content (AvgIpc) is 2.14. The van der Waals surface area contributed by atoms with Crippen LogP contribution in [0, 0.1) is 13.8 Å². The number of rotatable bonds is 2. The van der Waals surface area contributed by atoms with Gasteiger partial charge >= 0.3 is 0 Å². The summed E-state index contributed by atoms with van der Waals surface area (Å²) in [6, 6.07) is 6.34. The predicted molar refractivity (Wildman–Crippen MR) is 60.2 cm³/mol. The molecule has 74 valence electrons. The van der Waals surface area contributed by atoms with E-state index in [9.17, 15) is 4.79 Å². The number of carbonyl (C=O) groups is 1. The monoisotopic (exact) mass is 188 g/mol. The summed E-state index contributed by atoms with van der Waals surface area (Å²) >= 11 is 0. The van der Waals surface area contributed by atoms with Gasteiger partial charge < -0.3 is 0 Å². The van der Waals surface area contributed by atoms with Crippen molar-refractivity contribution in [3.8, 4) is 0 Å². The SMILES string of the molecule is C/C(C=O)=C(\C)c1cc(C)cc(C)c1. The fourth-order valence-corrected chi connectivity index (χ4v) is 1.51. The molecule has 0 N–H and O–H groups in total. The topological polar surface area (TPSA) is 17.1 Å². The molecule has 0 atom stereocenters. The third-order valence-corrected chi connectivity index (χ3v) is 2.42. The third-order valence-electron chi connectivity index (χ3n) is 2.42. The molecule has 0 spiro atoms. The molecule has 1 aromatic carbocycles. The lowest BCUT2D eigenvalue weighted by molar-refractivity contribution is -0.104. The van der Waals surface area contributed by atoms with Gasteiger partial charge in [0.1, 0.15) is 6.29 Å². The van der Waals surface area contributed by atoms with Gasteiger partial charge in [-0.05, 0) is 44.4 Å². The summed E-state index contributed by atoms with van der Waals surface area (Å²) in [5.74, 6) is 0. The molecular weight excluding hydrogens is 172 g/mol. The van der Waals surface area contributed by atoms with E-state index in [2.05, 4.69) is 32.0 Å². The summed E-state index contributed by atoms with van der Waals surface area (Å²) in [5, 5.41) is 0. The lowest BCUT2D eigenvalue weighted by Gasteiger charge is -2.06. The Morgan fingerprint density at radius 3 is 2.00 bits per heavy atom. The minimum Gasteiger partial charge on any atom is -0.298 e. The Morgan fingerprint density at radius 2 is 1.57 bits per heavy atom. The highest BCUT2D eigenvalue weighted by Gasteiger charge is 2.01. The van der Waals surface area contributed by atoms with Gasteiger partial charge in [-0.25, -0.2) is 0 Å². The van der Waals surface area contributed by atoms with Crippen molar-refractivity contribution in [2.75, 3.05) is 0 Å². The maximum atomic E-state index is 10.6. The van der Waals surface area contributed by atoms with Gasteiger partial charge in [-0.15, -0.1) is 0 Å². The second kappa shape index (κ2) is 4.23. The van der Waals surface area contributed by atoms with E-state index >= 15 is 0 Å². The minimum absolute atomic E-state index is 0.801. The van der Waals surface area contributed by atoms with Crippen LogP contribution >= 0.6 is 0 Å². The van der Waals surface area contributed by atoms with Crippen LogP contribution < -0.4 is 0 Å². The number of carbonyl (C=O) groups excluding carboxylic acids is 1. The van der Waals surface area contributed by atoms with Gasteiger partial charge in [0.05, 0.1) is 0 Å². The smallest absolute Gasteiger partial charge is 0.146 e. The van der Waals surface area contributed by atoms with Crippen LogP contribution in [0.4, 0.5) is 0 Å². The molecule has 0 heterocycles. The van der Waals surface area contributed by atoms with Gasteiger partial charge in [-0.2, -0.15) is 0 Å². The molecule has 0 aliphatic rings. The van der Waals surface area contributed by atoms with Crippen LogP contribution in [-0.2, 0) is 4.79 Å². The zero-order valence-electron chi connectivity index (χ0n) is 9.22. The van der Waals surface area contributed by atoms with Crippen LogP contribution in [0.25, 0.3) is 5.57 Å². The Balaban J connectivity index is 3.26. The van der Waals surface area contributed by atoms with Crippen molar-refractivity contribution in [2.45, 2.75) is 27.7 Å². The summed E-state index contributed by atoms with van der Waals surface area (Å²) in [6.45, 7) is 7.97. The fourth-order valence-electron chi connectivity index (χ4n) is 1.51. The minimum atomic E-state index is 0.801. The van der Waals surface area contributed by atoms with E-state index in [-0.39, 0.29) is 0 Å². The summed E-state index contributed by atoms with van der Waals surface area (Å²) < 4.78 is 0. The molecule has 0 amide bonds. The Hall–Kier alpha value is -1.37. The van der Waals surface area contributed by atoms with E-state index in [4.69, 9.17) is 0 Å². The normalized spacial score (nSPS) is 12.3. The number of aldehydes is 1. The van der Waals surface area contributed by atoms with Crippen LogP contribution in [0.2, 0.25) is 0 Å². The molecule has 1 aromatic rings. The molecule has 0 saturated carbocycles. The number of benzene rings is 1. The van der Waals surface area contributed by atoms with Crippen LogP contribution in [0.15, 0.2) is 23.8 Å².